The smallest absolute Gasteiger partial charge is 0.0620 e. The van der Waals surface area contributed by atoms with E-state index in [-0.39, 0.29) is 0 Å². The highest BCUT2D eigenvalue weighted by atomic mass is 16.5. The molecule has 2 unspecified atom stereocenters. The quantitative estimate of drug-likeness (QED) is 0.745. The fourth-order valence-corrected chi connectivity index (χ4v) is 3.37. The van der Waals surface area contributed by atoms with Gasteiger partial charge >= 0.3 is 0 Å². The molecule has 3 nitrogen and oxygen atoms in total. The standard InChI is InChI=1S/C14H28N2O/c1-12(2)14(11-17-3)16-9-8-15-7-5-4-6-13(15)10-16/h12-14H,4-11H2,1-3H3. The zero-order valence-electron chi connectivity index (χ0n) is 11.7. The highest BCUT2D eigenvalue weighted by molar-refractivity contribution is 4.88. The zero-order valence-corrected chi connectivity index (χ0v) is 11.7. The van der Waals surface area contributed by atoms with Crippen molar-refractivity contribution in [1.29, 1.82) is 0 Å². The van der Waals surface area contributed by atoms with E-state index in [1.807, 2.05) is 7.11 Å². The first-order valence-corrected chi connectivity index (χ1v) is 7.19. The molecule has 0 saturated carbocycles. The number of ether oxygens (including phenoxy) is 1. The lowest BCUT2D eigenvalue weighted by Gasteiger charge is -2.47. The normalized spacial score (nSPS) is 29.3. The van der Waals surface area contributed by atoms with Gasteiger partial charge in [0.2, 0.25) is 0 Å². The summed E-state index contributed by atoms with van der Waals surface area (Å²) in [5.41, 5.74) is 0. The third kappa shape index (κ3) is 3.21. The van der Waals surface area contributed by atoms with Gasteiger partial charge < -0.3 is 4.74 Å². The summed E-state index contributed by atoms with van der Waals surface area (Å²) in [4.78, 5) is 5.37. The molecular weight excluding hydrogens is 212 g/mol. The van der Waals surface area contributed by atoms with E-state index in [9.17, 15) is 0 Å². The molecule has 0 radical (unpaired) electrons. The minimum Gasteiger partial charge on any atom is -0.383 e. The second-order valence-electron chi connectivity index (χ2n) is 5.95. The number of fused-ring (bicyclic) bond motifs is 1. The third-order valence-electron chi connectivity index (χ3n) is 4.44. The van der Waals surface area contributed by atoms with E-state index in [0.717, 1.165) is 12.6 Å². The van der Waals surface area contributed by atoms with E-state index in [0.29, 0.717) is 12.0 Å². The molecule has 17 heavy (non-hydrogen) atoms. The van der Waals surface area contributed by atoms with Gasteiger partial charge in [0.25, 0.3) is 0 Å². The highest BCUT2D eigenvalue weighted by Crippen LogP contribution is 2.24. The van der Waals surface area contributed by atoms with Crippen LogP contribution in [0.5, 0.6) is 0 Å². The van der Waals surface area contributed by atoms with Gasteiger partial charge in [-0.2, -0.15) is 0 Å². The minimum absolute atomic E-state index is 0.601. The Morgan fingerprint density at radius 2 is 2.00 bits per heavy atom. The summed E-state index contributed by atoms with van der Waals surface area (Å²) < 4.78 is 5.40. The molecule has 2 fully saturated rings. The molecule has 0 spiro atoms. The Balaban J connectivity index is 1.93. The lowest BCUT2D eigenvalue weighted by atomic mass is 9.96. The summed E-state index contributed by atoms with van der Waals surface area (Å²) in [7, 11) is 1.83. The monoisotopic (exact) mass is 240 g/mol. The number of hydrogen-bond acceptors (Lipinski definition) is 3. The molecule has 2 rings (SSSR count). The van der Waals surface area contributed by atoms with Crippen LogP contribution < -0.4 is 0 Å². The number of nitrogens with zero attached hydrogens (tertiary/aromatic N) is 2. The predicted octanol–water partition coefficient (Wildman–Crippen LogP) is 1.83. The SMILES string of the molecule is COCC(C(C)C)N1CCN2CCCCC2C1. The van der Waals surface area contributed by atoms with Crippen molar-refractivity contribution in [2.24, 2.45) is 5.92 Å². The molecule has 3 heteroatoms. The maximum atomic E-state index is 5.40. The summed E-state index contributed by atoms with van der Waals surface area (Å²) in [5.74, 6) is 0.685. The van der Waals surface area contributed by atoms with E-state index in [2.05, 4.69) is 23.6 Å². The molecule has 0 N–H and O–H groups in total. The summed E-state index contributed by atoms with van der Waals surface area (Å²) in [6.07, 6.45) is 4.22. The predicted molar refractivity (Wildman–Crippen MR) is 71.3 cm³/mol. The molecule has 2 aliphatic heterocycles. The summed E-state index contributed by atoms with van der Waals surface area (Å²) in [5, 5.41) is 0. The topological polar surface area (TPSA) is 15.7 Å². The summed E-state index contributed by atoms with van der Waals surface area (Å²) in [6, 6.07) is 1.42. The average molecular weight is 240 g/mol. The van der Waals surface area contributed by atoms with Crippen LogP contribution in [-0.4, -0.2) is 61.8 Å². The van der Waals surface area contributed by atoms with Crippen LogP contribution in [0.4, 0.5) is 0 Å². The van der Waals surface area contributed by atoms with Gasteiger partial charge in [-0.05, 0) is 25.3 Å². The van der Waals surface area contributed by atoms with Gasteiger partial charge in [-0.1, -0.05) is 20.3 Å². The van der Waals surface area contributed by atoms with Crippen LogP contribution in [0.15, 0.2) is 0 Å². The van der Waals surface area contributed by atoms with E-state index < -0.39 is 0 Å². The molecule has 2 atom stereocenters. The Kier molecular flexibility index (Phi) is 4.83. The maximum absolute atomic E-state index is 5.40. The van der Waals surface area contributed by atoms with Gasteiger partial charge in [0, 0.05) is 38.8 Å². The fraction of sp³-hybridized carbons (Fsp3) is 1.00. The van der Waals surface area contributed by atoms with Crippen LogP contribution in [0.2, 0.25) is 0 Å². The van der Waals surface area contributed by atoms with Crippen LogP contribution >= 0.6 is 0 Å². The van der Waals surface area contributed by atoms with Crippen molar-refractivity contribution in [1.82, 2.24) is 9.80 Å². The first-order valence-electron chi connectivity index (χ1n) is 7.19. The number of hydrogen-bond donors (Lipinski definition) is 0. The van der Waals surface area contributed by atoms with Crippen LogP contribution in [-0.2, 0) is 4.74 Å². The Bertz CT molecular complexity index is 232. The molecule has 0 bridgehead atoms. The number of piperidine rings is 1. The van der Waals surface area contributed by atoms with Gasteiger partial charge in [0.1, 0.15) is 0 Å². The van der Waals surface area contributed by atoms with Crippen molar-refractivity contribution < 1.29 is 4.74 Å². The van der Waals surface area contributed by atoms with Crippen molar-refractivity contribution in [3.05, 3.63) is 0 Å². The molecule has 2 saturated heterocycles. The van der Waals surface area contributed by atoms with E-state index in [1.165, 1.54) is 45.4 Å². The van der Waals surface area contributed by atoms with E-state index in [1.54, 1.807) is 0 Å². The molecule has 2 heterocycles. The van der Waals surface area contributed by atoms with Gasteiger partial charge in [-0.25, -0.2) is 0 Å². The third-order valence-corrected chi connectivity index (χ3v) is 4.44. The van der Waals surface area contributed by atoms with Crippen LogP contribution in [0.1, 0.15) is 33.1 Å². The second kappa shape index (κ2) is 6.17. The molecule has 0 aromatic carbocycles. The van der Waals surface area contributed by atoms with Gasteiger partial charge in [0.05, 0.1) is 6.61 Å². The van der Waals surface area contributed by atoms with Crippen LogP contribution in [0.3, 0.4) is 0 Å². The Morgan fingerprint density at radius 1 is 1.18 bits per heavy atom. The minimum atomic E-state index is 0.601. The first kappa shape index (κ1) is 13.3. The summed E-state index contributed by atoms with van der Waals surface area (Å²) in [6.45, 7) is 10.6. The van der Waals surface area contributed by atoms with Gasteiger partial charge in [-0.15, -0.1) is 0 Å². The van der Waals surface area contributed by atoms with Crippen molar-refractivity contribution in [3.63, 3.8) is 0 Å². The maximum Gasteiger partial charge on any atom is 0.0620 e. The molecule has 0 aromatic heterocycles. The second-order valence-corrected chi connectivity index (χ2v) is 5.95. The molecule has 0 aliphatic carbocycles. The Labute approximate surface area is 106 Å². The van der Waals surface area contributed by atoms with Crippen molar-refractivity contribution >= 4 is 0 Å². The lowest BCUT2D eigenvalue weighted by molar-refractivity contribution is -0.00819. The van der Waals surface area contributed by atoms with Crippen molar-refractivity contribution in [2.75, 3.05) is 39.9 Å². The van der Waals surface area contributed by atoms with E-state index >= 15 is 0 Å². The molecule has 2 aliphatic rings. The fourth-order valence-electron chi connectivity index (χ4n) is 3.37. The summed E-state index contributed by atoms with van der Waals surface area (Å²) >= 11 is 0. The van der Waals surface area contributed by atoms with Crippen molar-refractivity contribution in [3.8, 4) is 0 Å². The Hall–Kier alpha value is -0.120. The van der Waals surface area contributed by atoms with Gasteiger partial charge in [-0.3, -0.25) is 9.80 Å². The Morgan fingerprint density at radius 3 is 2.71 bits per heavy atom. The molecular formula is C14H28N2O. The molecule has 100 valence electrons. The molecule has 0 amide bonds. The number of piperazine rings is 1. The van der Waals surface area contributed by atoms with Crippen molar-refractivity contribution in [2.45, 2.75) is 45.2 Å². The molecule has 0 aromatic rings. The highest BCUT2D eigenvalue weighted by Gasteiger charge is 2.32. The largest absolute Gasteiger partial charge is 0.383 e. The zero-order chi connectivity index (χ0) is 12.3. The average Bonchev–Trinajstić information content (AvgIpc) is 2.35. The van der Waals surface area contributed by atoms with Gasteiger partial charge in [0.15, 0.2) is 0 Å². The van der Waals surface area contributed by atoms with E-state index in [4.69, 9.17) is 4.74 Å². The number of methoxy groups -OCH3 is 1. The van der Waals surface area contributed by atoms with Crippen LogP contribution in [0.25, 0.3) is 0 Å². The first-order chi connectivity index (χ1) is 8.22. The van der Waals surface area contributed by atoms with Crippen LogP contribution in [0, 0.1) is 5.92 Å². The lowest BCUT2D eigenvalue weighted by Crippen LogP contribution is -2.58. The number of rotatable bonds is 4.